The third-order valence-corrected chi connectivity index (χ3v) is 4.60. The fourth-order valence-corrected chi connectivity index (χ4v) is 3.41. The molecule has 0 atom stereocenters. The molecule has 0 unspecified atom stereocenters. The van der Waals surface area contributed by atoms with Crippen LogP contribution in [0.2, 0.25) is 0 Å². The molecule has 8 bridgehead atoms. The standard InChI is InChI=1S/C20H20N6/c1-3-17-11-23-7-9-25(15-23)13-19-5-2-6-20(22-19)14-26-10-8-24(16-26)12-18(4-1)21-17/h1-10,15-16H,11-14H2/q+2. The number of fused-ring (bicyclic) bond motifs is 8. The second kappa shape index (κ2) is 6.22. The van der Waals surface area contributed by atoms with Crippen LogP contribution >= 0.6 is 0 Å². The monoisotopic (exact) mass is 344 g/mol. The molecule has 0 saturated heterocycles. The van der Waals surface area contributed by atoms with E-state index in [-0.39, 0.29) is 0 Å². The minimum absolute atomic E-state index is 0.764. The van der Waals surface area contributed by atoms with E-state index in [1.165, 1.54) is 0 Å². The Morgan fingerprint density at radius 3 is 1.65 bits per heavy atom. The van der Waals surface area contributed by atoms with Gasteiger partial charge in [-0.2, -0.15) is 0 Å². The molecule has 26 heavy (non-hydrogen) atoms. The molecule has 0 radical (unpaired) electrons. The van der Waals surface area contributed by atoms with Gasteiger partial charge in [0.1, 0.15) is 51.0 Å². The van der Waals surface area contributed by atoms with Crippen LogP contribution in [0.4, 0.5) is 0 Å². The molecule has 5 heterocycles. The van der Waals surface area contributed by atoms with Crippen LogP contribution in [-0.2, 0) is 26.2 Å². The number of hydrogen-bond acceptors (Lipinski definition) is 2. The highest BCUT2D eigenvalue weighted by Crippen LogP contribution is 2.05. The summed E-state index contributed by atoms with van der Waals surface area (Å²) < 4.78 is 8.63. The first-order valence-electron chi connectivity index (χ1n) is 8.79. The Morgan fingerprint density at radius 1 is 0.654 bits per heavy atom. The molecule has 4 aromatic rings. The molecule has 6 nitrogen and oxygen atoms in total. The number of imidazole rings is 2. The molecule has 0 aliphatic carbocycles. The predicted molar refractivity (Wildman–Crippen MR) is 94.1 cm³/mol. The van der Waals surface area contributed by atoms with Crippen molar-refractivity contribution in [2.45, 2.75) is 26.2 Å². The summed E-state index contributed by atoms with van der Waals surface area (Å²) in [6.45, 7) is 3.06. The average molecular weight is 344 g/mol. The summed E-state index contributed by atoms with van der Waals surface area (Å²) in [6, 6.07) is 12.5. The van der Waals surface area contributed by atoms with Crippen molar-refractivity contribution >= 4 is 0 Å². The van der Waals surface area contributed by atoms with Crippen molar-refractivity contribution in [2.24, 2.45) is 0 Å². The molecule has 0 spiro atoms. The Bertz CT molecular complexity index is 904. The maximum atomic E-state index is 4.82. The van der Waals surface area contributed by atoms with Crippen LogP contribution in [0.15, 0.2) is 73.8 Å². The SMILES string of the molecule is c1cc2nc(c1)Cn1cc[n+](c1)Cc1cccc(n1)C[n+]1ccn(c1)C2. The largest absolute Gasteiger partial charge is 0.250 e. The quantitative estimate of drug-likeness (QED) is 0.396. The molecule has 0 amide bonds. The van der Waals surface area contributed by atoms with E-state index in [0.29, 0.717) is 0 Å². The van der Waals surface area contributed by atoms with Gasteiger partial charge in [-0.3, -0.25) is 0 Å². The van der Waals surface area contributed by atoms with Gasteiger partial charge in [0, 0.05) is 0 Å². The lowest BCUT2D eigenvalue weighted by Crippen LogP contribution is -2.34. The topological polar surface area (TPSA) is 43.4 Å². The summed E-state index contributed by atoms with van der Waals surface area (Å²) in [4.78, 5) is 9.64. The Morgan fingerprint density at radius 2 is 1.12 bits per heavy atom. The lowest BCUT2D eigenvalue weighted by atomic mass is 10.3. The van der Waals surface area contributed by atoms with Crippen LogP contribution in [-0.4, -0.2) is 19.1 Å². The van der Waals surface area contributed by atoms with E-state index in [4.69, 9.17) is 9.97 Å². The average Bonchev–Trinajstić information content (AvgIpc) is 3.24. The molecule has 5 rings (SSSR count). The van der Waals surface area contributed by atoms with Crippen LogP contribution in [0, 0.1) is 0 Å². The van der Waals surface area contributed by atoms with Crippen LogP contribution < -0.4 is 9.13 Å². The van der Waals surface area contributed by atoms with Crippen LogP contribution in [0.25, 0.3) is 0 Å². The first-order valence-corrected chi connectivity index (χ1v) is 8.79. The van der Waals surface area contributed by atoms with Crippen molar-refractivity contribution in [3.05, 3.63) is 96.6 Å². The third-order valence-electron chi connectivity index (χ3n) is 4.60. The van der Waals surface area contributed by atoms with Crippen molar-refractivity contribution in [2.75, 3.05) is 0 Å². The van der Waals surface area contributed by atoms with Crippen LogP contribution in [0.5, 0.6) is 0 Å². The molecule has 0 fully saturated rings. The zero-order valence-corrected chi connectivity index (χ0v) is 14.4. The van der Waals surface area contributed by atoms with Gasteiger partial charge in [0.25, 0.3) is 0 Å². The second-order valence-corrected chi connectivity index (χ2v) is 6.76. The first-order chi connectivity index (χ1) is 12.8. The molecule has 0 aromatic carbocycles. The van der Waals surface area contributed by atoms with Gasteiger partial charge in [0.15, 0.2) is 0 Å². The Labute approximate surface area is 151 Å². The van der Waals surface area contributed by atoms with Crippen molar-refractivity contribution in [1.29, 1.82) is 0 Å². The van der Waals surface area contributed by atoms with Gasteiger partial charge in [-0.25, -0.2) is 28.2 Å². The summed E-state index contributed by atoms with van der Waals surface area (Å²) in [6.07, 6.45) is 12.6. The maximum absolute atomic E-state index is 4.82. The van der Waals surface area contributed by atoms with Gasteiger partial charge >= 0.3 is 0 Å². The summed E-state index contributed by atoms with van der Waals surface area (Å²) in [5, 5.41) is 0. The molecule has 1 aliphatic heterocycles. The van der Waals surface area contributed by atoms with Gasteiger partial charge in [-0.15, -0.1) is 0 Å². The normalized spacial score (nSPS) is 13.5. The third kappa shape index (κ3) is 3.13. The molecule has 0 N–H and O–H groups in total. The number of nitrogens with zero attached hydrogens (tertiary/aromatic N) is 6. The minimum Gasteiger partial charge on any atom is -0.250 e. The van der Waals surface area contributed by atoms with E-state index in [1.54, 1.807) is 0 Å². The number of hydrogen-bond donors (Lipinski definition) is 0. The number of aromatic nitrogens is 6. The highest BCUT2D eigenvalue weighted by Gasteiger charge is 2.12. The lowest BCUT2D eigenvalue weighted by Gasteiger charge is -2.03. The Hall–Kier alpha value is -3.28. The highest BCUT2D eigenvalue weighted by molar-refractivity contribution is 5.12. The van der Waals surface area contributed by atoms with E-state index in [2.05, 4.69) is 92.1 Å². The first kappa shape index (κ1) is 15.0. The number of rotatable bonds is 0. The summed E-state index contributed by atoms with van der Waals surface area (Å²) in [7, 11) is 0. The smallest absolute Gasteiger partial charge is 0.244 e. The molecular weight excluding hydrogens is 324 g/mol. The van der Waals surface area contributed by atoms with Gasteiger partial charge in [0.05, 0.1) is 22.8 Å². The van der Waals surface area contributed by atoms with Crippen molar-refractivity contribution in [3.8, 4) is 0 Å². The van der Waals surface area contributed by atoms with Gasteiger partial charge in [0.2, 0.25) is 12.7 Å². The van der Waals surface area contributed by atoms with Crippen LogP contribution in [0.3, 0.4) is 0 Å². The van der Waals surface area contributed by atoms with E-state index in [1.807, 2.05) is 0 Å². The summed E-state index contributed by atoms with van der Waals surface area (Å²) in [5.74, 6) is 0. The van der Waals surface area contributed by atoms with Crippen molar-refractivity contribution in [3.63, 3.8) is 0 Å². The summed E-state index contributed by atoms with van der Waals surface area (Å²) in [5.41, 5.74) is 4.27. The Balaban J connectivity index is 1.57. The van der Waals surface area contributed by atoms with E-state index in [9.17, 15) is 0 Å². The van der Waals surface area contributed by atoms with Crippen molar-refractivity contribution in [1.82, 2.24) is 19.1 Å². The molecule has 0 saturated carbocycles. The molecular formula is C20H20N6+2. The lowest BCUT2D eigenvalue weighted by molar-refractivity contribution is -0.689. The van der Waals surface area contributed by atoms with E-state index >= 15 is 0 Å². The highest BCUT2D eigenvalue weighted by atomic mass is 15.1. The van der Waals surface area contributed by atoms with Crippen LogP contribution in [0.1, 0.15) is 22.8 Å². The fourth-order valence-electron chi connectivity index (χ4n) is 3.41. The molecule has 128 valence electrons. The van der Waals surface area contributed by atoms with Crippen molar-refractivity contribution < 1.29 is 9.13 Å². The molecule has 4 aromatic heterocycles. The second-order valence-electron chi connectivity index (χ2n) is 6.76. The number of pyridine rings is 2. The Kier molecular flexibility index (Phi) is 3.59. The summed E-state index contributed by atoms with van der Waals surface area (Å²) >= 11 is 0. The molecule has 6 heteroatoms. The maximum Gasteiger partial charge on any atom is 0.244 e. The zero-order chi connectivity index (χ0) is 17.3. The van der Waals surface area contributed by atoms with E-state index in [0.717, 1.165) is 49.0 Å². The van der Waals surface area contributed by atoms with Gasteiger partial charge in [-0.1, -0.05) is 12.1 Å². The fraction of sp³-hybridized carbons (Fsp3) is 0.200. The predicted octanol–water partition coefficient (Wildman–Crippen LogP) is 1.16. The van der Waals surface area contributed by atoms with Gasteiger partial charge < -0.3 is 0 Å². The molecule has 1 aliphatic rings. The zero-order valence-electron chi connectivity index (χ0n) is 14.4. The van der Waals surface area contributed by atoms with Gasteiger partial charge in [-0.05, 0) is 24.3 Å². The van der Waals surface area contributed by atoms with E-state index < -0.39 is 0 Å². The minimum atomic E-state index is 0.764.